The third kappa shape index (κ3) is 3.50. The van der Waals surface area contributed by atoms with E-state index in [1.807, 2.05) is 36.4 Å². The molecule has 2 N–H and O–H groups in total. The topological polar surface area (TPSA) is 67.4 Å². The first-order chi connectivity index (χ1) is 11.7. The van der Waals surface area contributed by atoms with Crippen LogP contribution in [0.15, 0.2) is 36.4 Å². The number of ether oxygens (including phenoxy) is 1. The van der Waals surface area contributed by atoms with E-state index in [0.29, 0.717) is 17.4 Å². The molecular weight excluding hydrogens is 304 g/mol. The molecule has 0 radical (unpaired) electrons. The Morgan fingerprint density at radius 1 is 0.958 bits per heavy atom. The van der Waals surface area contributed by atoms with Gasteiger partial charge in [-0.15, -0.1) is 0 Å². The maximum absolute atomic E-state index is 12.5. The van der Waals surface area contributed by atoms with Gasteiger partial charge in [-0.3, -0.25) is 9.59 Å². The molecule has 0 aliphatic heterocycles. The first-order valence-corrected chi connectivity index (χ1v) is 8.45. The van der Waals surface area contributed by atoms with E-state index in [9.17, 15) is 9.59 Å². The zero-order valence-corrected chi connectivity index (χ0v) is 13.4. The molecule has 2 saturated carbocycles. The first kappa shape index (κ1) is 15.0. The molecule has 124 valence electrons. The minimum atomic E-state index is -0.140. The van der Waals surface area contributed by atoms with Crippen LogP contribution in [-0.2, 0) is 4.79 Å². The standard InChI is InChI=1S/C19H20N2O3/c22-18(20-14-5-6-14)11-24-17-10-13-4-2-1-3-12(13)9-16(17)19(23)21-15-7-8-15/h1-4,9-10,14-15H,5-8,11H2,(H,20,22)(H,21,23). The Kier molecular flexibility index (Phi) is 3.84. The molecule has 0 heterocycles. The van der Waals surface area contributed by atoms with Crippen molar-refractivity contribution in [3.63, 3.8) is 0 Å². The average molecular weight is 324 g/mol. The molecule has 0 unspecified atom stereocenters. The Bertz CT molecular complexity index is 794. The number of nitrogens with one attached hydrogen (secondary N) is 2. The summed E-state index contributed by atoms with van der Waals surface area (Å²) >= 11 is 0. The van der Waals surface area contributed by atoms with Gasteiger partial charge in [-0.1, -0.05) is 24.3 Å². The van der Waals surface area contributed by atoms with E-state index in [1.54, 1.807) is 0 Å². The van der Waals surface area contributed by atoms with Crippen LogP contribution in [-0.4, -0.2) is 30.5 Å². The highest BCUT2D eigenvalue weighted by Crippen LogP contribution is 2.28. The highest BCUT2D eigenvalue weighted by atomic mass is 16.5. The molecule has 0 spiro atoms. The molecule has 4 rings (SSSR count). The van der Waals surface area contributed by atoms with Gasteiger partial charge in [-0.25, -0.2) is 0 Å². The Morgan fingerprint density at radius 2 is 1.58 bits per heavy atom. The fraction of sp³-hybridized carbons (Fsp3) is 0.368. The van der Waals surface area contributed by atoms with Gasteiger partial charge in [0.1, 0.15) is 5.75 Å². The van der Waals surface area contributed by atoms with Crippen LogP contribution in [0, 0.1) is 0 Å². The van der Waals surface area contributed by atoms with E-state index in [4.69, 9.17) is 4.74 Å². The third-order valence-electron chi connectivity index (χ3n) is 4.31. The van der Waals surface area contributed by atoms with E-state index < -0.39 is 0 Å². The van der Waals surface area contributed by atoms with Gasteiger partial charge in [-0.05, 0) is 48.6 Å². The van der Waals surface area contributed by atoms with Gasteiger partial charge in [0.25, 0.3) is 11.8 Å². The second-order valence-electron chi connectivity index (χ2n) is 6.57. The summed E-state index contributed by atoms with van der Waals surface area (Å²) in [5, 5.41) is 7.84. The second kappa shape index (κ2) is 6.15. The number of rotatable bonds is 6. The summed E-state index contributed by atoms with van der Waals surface area (Å²) in [6.45, 7) is -0.0709. The van der Waals surface area contributed by atoms with E-state index >= 15 is 0 Å². The number of amides is 2. The lowest BCUT2D eigenvalue weighted by atomic mass is 10.1. The lowest BCUT2D eigenvalue weighted by Crippen LogP contribution is -2.31. The van der Waals surface area contributed by atoms with Gasteiger partial charge in [0, 0.05) is 12.1 Å². The molecule has 2 aromatic rings. The van der Waals surface area contributed by atoms with Gasteiger partial charge < -0.3 is 15.4 Å². The number of hydrogen-bond acceptors (Lipinski definition) is 3. The van der Waals surface area contributed by atoms with E-state index in [2.05, 4.69) is 10.6 Å². The number of carbonyl (C=O) groups is 2. The molecule has 5 heteroatoms. The Hall–Kier alpha value is -2.56. The van der Waals surface area contributed by atoms with Crippen molar-refractivity contribution in [1.82, 2.24) is 10.6 Å². The molecule has 0 bridgehead atoms. The molecule has 0 saturated heterocycles. The number of carbonyl (C=O) groups excluding carboxylic acids is 2. The van der Waals surface area contributed by atoms with Gasteiger partial charge in [0.15, 0.2) is 6.61 Å². The predicted octanol–water partition coefficient (Wildman–Crippen LogP) is 2.39. The lowest BCUT2D eigenvalue weighted by molar-refractivity contribution is -0.123. The Labute approximate surface area is 140 Å². The van der Waals surface area contributed by atoms with Crippen LogP contribution in [0.4, 0.5) is 0 Å². The molecule has 24 heavy (non-hydrogen) atoms. The average Bonchev–Trinajstić information content (AvgIpc) is 3.49. The summed E-state index contributed by atoms with van der Waals surface area (Å²) in [5.74, 6) is 0.179. The van der Waals surface area contributed by atoms with Gasteiger partial charge in [0.2, 0.25) is 0 Å². The third-order valence-corrected chi connectivity index (χ3v) is 4.31. The summed E-state index contributed by atoms with van der Waals surface area (Å²) in [6.07, 6.45) is 4.13. The van der Waals surface area contributed by atoms with E-state index in [1.165, 1.54) is 0 Å². The monoisotopic (exact) mass is 324 g/mol. The largest absolute Gasteiger partial charge is 0.483 e. The quantitative estimate of drug-likeness (QED) is 0.857. The van der Waals surface area contributed by atoms with E-state index in [-0.39, 0.29) is 24.5 Å². The Morgan fingerprint density at radius 3 is 2.25 bits per heavy atom. The molecule has 0 aromatic heterocycles. The fourth-order valence-electron chi connectivity index (χ4n) is 2.65. The maximum Gasteiger partial charge on any atom is 0.258 e. The number of benzene rings is 2. The normalized spacial score (nSPS) is 16.7. The lowest BCUT2D eigenvalue weighted by Gasteiger charge is -2.13. The van der Waals surface area contributed by atoms with Gasteiger partial charge in [0.05, 0.1) is 5.56 Å². The van der Waals surface area contributed by atoms with Gasteiger partial charge in [-0.2, -0.15) is 0 Å². The minimum absolute atomic E-state index is 0.0709. The van der Waals surface area contributed by atoms with Crippen LogP contribution in [0.25, 0.3) is 10.8 Å². The smallest absolute Gasteiger partial charge is 0.258 e. The van der Waals surface area contributed by atoms with Crippen molar-refractivity contribution in [2.75, 3.05) is 6.61 Å². The SMILES string of the molecule is O=C(COc1cc2ccccc2cc1C(=O)NC1CC1)NC1CC1. The van der Waals surface area contributed by atoms with Crippen molar-refractivity contribution in [2.45, 2.75) is 37.8 Å². The predicted molar refractivity (Wildman–Crippen MR) is 91.1 cm³/mol. The zero-order valence-electron chi connectivity index (χ0n) is 13.4. The summed E-state index contributed by atoms with van der Waals surface area (Å²) < 4.78 is 5.69. The van der Waals surface area contributed by atoms with Crippen LogP contribution in [0.5, 0.6) is 5.75 Å². The summed E-state index contributed by atoms with van der Waals surface area (Å²) in [6, 6.07) is 12.1. The first-order valence-electron chi connectivity index (χ1n) is 8.45. The summed E-state index contributed by atoms with van der Waals surface area (Å²) in [4.78, 5) is 24.4. The zero-order chi connectivity index (χ0) is 16.5. The molecule has 5 nitrogen and oxygen atoms in total. The van der Waals surface area contributed by atoms with Crippen molar-refractivity contribution in [2.24, 2.45) is 0 Å². The Balaban J connectivity index is 1.57. The van der Waals surface area contributed by atoms with Crippen molar-refractivity contribution < 1.29 is 14.3 Å². The van der Waals surface area contributed by atoms with Crippen molar-refractivity contribution in [3.05, 3.63) is 42.0 Å². The second-order valence-corrected chi connectivity index (χ2v) is 6.57. The van der Waals surface area contributed by atoms with Crippen molar-refractivity contribution >= 4 is 22.6 Å². The maximum atomic E-state index is 12.5. The molecule has 2 aliphatic carbocycles. The minimum Gasteiger partial charge on any atom is -0.483 e. The molecule has 2 fully saturated rings. The van der Waals surface area contributed by atoms with E-state index in [0.717, 1.165) is 36.5 Å². The molecule has 2 aliphatic rings. The highest BCUT2D eigenvalue weighted by molar-refractivity contribution is 6.02. The van der Waals surface area contributed by atoms with Crippen LogP contribution in [0.2, 0.25) is 0 Å². The molecule has 0 atom stereocenters. The molecule has 2 aromatic carbocycles. The van der Waals surface area contributed by atoms with Crippen LogP contribution < -0.4 is 15.4 Å². The number of fused-ring (bicyclic) bond motifs is 1. The fourth-order valence-corrected chi connectivity index (χ4v) is 2.65. The van der Waals surface area contributed by atoms with Crippen LogP contribution in [0.1, 0.15) is 36.0 Å². The van der Waals surface area contributed by atoms with Crippen molar-refractivity contribution in [3.8, 4) is 5.75 Å². The summed E-state index contributed by atoms with van der Waals surface area (Å²) in [7, 11) is 0. The number of hydrogen-bond donors (Lipinski definition) is 2. The molecule has 2 amide bonds. The van der Waals surface area contributed by atoms with Gasteiger partial charge >= 0.3 is 0 Å². The van der Waals surface area contributed by atoms with Crippen LogP contribution >= 0.6 is 0 Å². The van der Waals surface area contributed by atoms with Crippen LogP contribution in [0.3, 0.4) is 0 Å². The highest BCUT2D eigenvalue weighted by Gasteiger charge is 2.26. The summed E-state index contributed by atoms with van der Waals surface area (Å²) in [5.41, 5.74) is 0.486. The van der Waals surface area contributed by atoms with Crippen molar-refractivity contribution in [1.29, 1.82) is 0 Å². The molecular formula is C19H20N2O3.